The molecule has 0 saturated heterocycles. The van der Waals surface area contributed by atoms with Crippen LogP contribution in [0.3, 0.4) is 0 Å². The molecular formula is C70H62N4O8SY5-4. The number of aromatic amines is 2. The molecule has 5 radical (unpaired) electrons. The first-order valence-electron chi connectivity index (χ1n) is 26.7. The molecule has 88 heavy (non-hydrogen) atoms. The van der Waals surface area contributed by atoms with E-state index in [1.54, 1.807) is 93.3 Å². The molecule has 18 heteroatoms. The second-order valence-electron chi connectivity index (χ2n) is 20.3. The molecule has 2 heterocycles. The Morgan fingerprint density at radius 3 is 1.69 bits per heavy atom. The molecule has 3 N–H and O–H groups in total. The van der Waals surface area contributed by atoms with Gasteiger partial charge in [0.2, 0.25) is 0 Å². The van der Waals surface area contributed by atoms with Gasteiger partial charge in [-0.2, -0.15) is 55.0 Å². The number of hydrogen-bond donors (Lipinski definition) is 3. The van der Waals surface area contributed by atoms with Crippen LogP contribution in [0, 0.1) is 42.2 Å². The van der Waals surface area contributed by atoms with Crippen LogP contribution < -0.4 is 9.47 Å². The zero-order valence-electron chi connectivity index (χ0n) is 49.8. The van der Waals surface area contributed by atoms with Gasteiger partial charge in [-0.25, -0.2) is 15.3 Å². The second-order valence-corrected chi connectivity index (χ2v) is 21.3. The number of benzene rings is 8. The fourth-order valence-electron chi connectivity index (χ4n) is 9.64. The molecule has 12 nitrogen and oxygen atoms in total. The maximum absolute atomic E-state index is 12.7. The summed E-state index contributed by atoms with van der Waals surface area (Å²) in [6, 6.07) is 65.6. The van der Waals surface area contributed by atoms with Crippen LogP contribution in [0.2, 0.25) is 0 Å². The van der Waals surface area contributed by atoms with Gasteiger partial charge in [0.25, 0.3) is 0 Å². The van der Waals surface area contributed by atoms with Crippen LogP contribution in [0.15, 0.2) is 211 Å². The number of nitrogens with zero attached hydrogens (tertiary/aromatic N) is 2. The number of aryl methyl sites for hydroxylation is 1. The number of nitrogens with one attached hydrogen (secondary N) is 2. The molecule has 435 valence electrons. The van der Waals surface area contributed by atoms with Crippen molar-refractivity contribution in [2.45, 2.75) is 45.4 Å². The summed E-state index contributed by atoms with van der Waals surface area (Å²) < 4.78 is 30.0. The molecule has 2 fully saturated rings. The van der Waals surface area contributed by atoms with Crippen LogP contribution >= 0.6 is 0 Å². The van der Waals surface area contributed by atoms with Crippen molar-refractivity contribution in [3.63, 3.8) is 0 Å². The minimum absolute atomic E-state index is 0. The summed E-state index contributed by atoms with van der Waals surface area (Å²) in [6.07, 6.45) is 9.94. The molecule has 2 saturated carbocycles. The van der Waals surface area contributed by atoms with Crippen molar-refractivity contribution >= 4 is 68.9 Å². The van der Waals surface area contributed by atoms with Gasteiger partial charge in [0.1, 0.15) is 34.7 Å². The molecule has 12 rings (SSSR count). The number of allylic oxidation sites excluding steroid dienone is 2. The van der Waals surface area contributed by atoms with Crippen LogP contribution in [0.25, 0.3) is 57.0 Å². The maximum Gasteiger partial charge on any atom is 0.186 e. The number of fused-ring (bicyclic) bond motifs is 4. The van der Waals surface area contributed by atoms with Crippen LogP contribution in [-0.4, -0.2) is 66.6 Å². The number of Topliss-reactive ketones (excluding diaryl/α,β-unsaturated/α-hetero) is 3. The molecular weight excluding hydrogens is 1500 g/mol. The molecule has 0 spiro atoms. The first-order chi connectivity index (χ1) is 40.1. The summed E-state index contributed by atoms with van der Waals surface area (Å²) in [5.41, 5.74) is 10.8. The minimum atomic E-state index is -1.97. The zero-order chi connectivity index (χ0) is 58.9. The van der Waals surface area contributed by atoms with Gasteiger partial charge < -0.3 is 35.2 Å². The van der Waals surface area contributed by atoms with E-state index in [0.717, 1.165) is 73.7 Å². The number of ether oxygens (including phenoxy) is 2. The Hall–Kier alpha value is -3.91. The molecule has 2 bridgehead atoms. The summed E-state index contributed by atoms with van der Waals surface area (Å²) in [5, 5.41) is 0. The van der Waals surface area contributed by atoms with E-state index in [2.05, 4.69) is 96.5 Å². The van der Waals surface area contributed by atoms with E-state index in [0.29, 0.717) is 33.5 Å². The van der Waals surface area contributed by atoms with Crippen molar-refractivity contribution in [3.8, 4) is 34.3 Å². The average molecular weight is 1560 g/mol. The number of imidazole rings is 2. The first kappa shape index (κ1) is 78.3. The first-order valence-corrected chi connectivity index (χ1v) is 27.8. The Kier molecular flexibility index (Phi) is 34.0. The predicted molar refractivity (Wildman–Crippen MR) is 329 cm³/mol. The van der Waals surface area contributed by atoms with Gasteiger partial charge in [-0.15, -0.1) is 17.7 Å². The third kappa shape index (κ3) is 20.8. The number of rotatable bonds is 12. The van der Waals surface area contributed by atoms with Crippen LogP contribution in [0.1, 0.15) is 71.0 Å². The average Bonchev–Trinajstić information content (AvgIpc) is 2.24. The zero-order valence-corrected chi connectivity index (χ0v) is 64.8. The largest absolute Gasteiger partial charge is 0.497 e. The van der Waals surface area contributed by atoms with Crippen molar-refractivity contribution in [2.24, 2.45) is 16.7 Å². The maximum atomic E-state index is 12.7. The Bertz CT molecular complexity index is 3890. The van der Waals surface area contributed by atoms with E-state index in [-0.39, 0.29) is 192 Å². The Morgan fingerprint density at radius 1 is 0.670 bits per heavy atom. The smallest absolute Gasteiger partial charge is 0.186 e. The van der Waals surface area contributed by atoms with Crippen LogP contribution in [0.5, 0.6) is 11.5 Å². The van der Waals surface area contributed by atoms with Gasteiger partial charge in [0.15, 0.2) is 16.9 Å². The molecule has 2 aromatic heterocycles. The fourth-order valence-corrected chi connectivity index (χ4v) is 10.0. The third-order valence-corrected chi connectivity index (χ3v) is 15.4. The van der Waals surface area contributed by atoms with Crippen molar-refractivity contribution in [2.75, 3.05) is 14.2 Å². The number of methoxy groups -OCH3 is 2. The van der Waals surface area contributed by atoms with Crippen molar-refractivity contribution < 1.29 is 201 Å². The summed E-state index contributed by atoms with van der Waals surface area (Å²) in [7, 11) is 3.18. The summed E-state index contributed by atoms with van der Waals surface area (Å²) >= 11 is -1.97. The Labute approximate surface area is 643 Å². The van der Waals surface area contributed by atoms with E-state index < -0.39 is 11.1 Å². The Morgan fingerprint density at radius 2 is 1.18 bits per heavy atom. The summed E-state index contributed by atoms with van der Waals surface area (Å²) in [6.45, 7) is 8.65. The van der Waals surface area contributed by atoms with Crippen molar-refractivity contribution in [1.82, 2.24) is 19.9 Å². The van der Waals surface area contributed by atoms with Crippen LogP contribution in [-0.2, 0) is 184 Å². The van der Waals surface area contributed by atoms with Crippen molar-refractivity contribution in [3.05, 3.63) is 252 Å². The molecule has 3 unspecified atom stereocenters. The predicted octanol–water partition coefficient (Wildman–Crippen LogP) is 14.8. The van der Waals surface area contributed by atoms with Gasteiger partial charge in [-0.1, -0.05) is 134 Å². The molecule has 10 aromatic rings. The van der Waals surface area contributed by atoms with Gasteiger partial charge in [-0.3, -0.25) is 19.4 Å². The van der Waals surface area contributed by atoms with E-state index in [4.69, 9.17) is 14.0 Å². The molecule has 0 aliphatic heterocycles. The van der Waals surface area contributed by atoms with E-state index in [9.17, 15) is 23.4 Å². The van der Waals surface area contributed by atoms with E-state index in [1.807, 2.05) is 103 Å². The van der Waals surface area contributed by atoms with Gasteiger partial charge in [-0.05, 0) is 107 Å². The monoisotopic (exact) mass is 1560 g/mol. The quantitative estimate of drug-likeness (QED) is 0.0350. The SMILES string of the molecule is COc1ccc(/C=C/[C-]=O)cc1.COc1ccc(C(=O)CC(=O)c2cc[c-]cc2)cc1.Cc1ccc(/C=C2\C(=O)C3(C)[CH-]CC2C3(C)C)cc1.O=S(O)c1ccc2nc(-c3ccccc3)[nH]c2c1.[Y].[Y].[Y].[Y].[Y].[c-]1ccc2[nH]c(-c3ccccc3)nc2c1. The third-order valence-electron chi connectivity index (χ3n) is 14.8. The number of hydrogen-bond acceptors (Lipinski definition) is 9. The molecule has 3 atom stereocenters. The molecule has 2 aliphatic carbocycles. The Balaban J connectivity index is 0.000000286. The fraction of sp³-hybridized carbons (Fsp3) is 0.157. The van der Waals surface area contributed by atoms with Gasteiger partial charge >= 0.3 is 0 Å². The molecule has 2 aliphatic rings. The number of ketones is 3. The van der Waals surface area contributed by atoms with Crippen molar-refractivity contribution in [1.29, 1.82) is 0 Å². The number of carbonyl (C=O) groups excluding carboxylic acids is 4. The van der Waals surface area contributed by atoms with Gasteiger partial charge in [0, 0.05) is 180 Å². The van der Waals surface area contributed by atoms with Gasteiger partial charge in [0.05, 0.1) is 36.6 Å². The van der Waals surface area contributed by atoms with Crippen LogP contribution in [0.4, 0.5) is 0 Å². The summed E-state index contributed by atoms with van der Waals surface area (Å²) in [4.78, 5) is 62.1. The normalized spacial score (nSPS) is 15.3. The standard InChI is InChI=1S/C18H21O.C16H13O3.C13H10N2O2S.C13H9N2.C10H9O2.5Y/c1-12-5-7-13(8-6-12)11-14-15-9-10-18(4,16(14)19)17(15,2)3;1-19-14-9-7-13(8-10-14)16(18)11-15(17)12-5-3-2-4-6-12;16-18(17)10-6-7-11-12(8-10)15-13(14-11)9-4-2-1-3-5-9;1-2-6-10(7-3-1)13-14-11-8-4-5-9-12(11)15-13;1-12-10-6-4-9(5-7-10)3-2-8-11;;;;;/h5-8,10-11,15H,9H2,1-4H3;3-10H,11H2,1H3;1-8H,(H,14,15)(H,16,17);1-4,6-9H,(H,14,15);2-7H,1H3;;;;;/q2*-1;;2*-1;;;;;/b14-11-;;;;3-2+;;;;;. The topological polar surface area (TPSA) is 181 Å². The second kappa shape index (κ2) is 38.2. The molecule has 0 amide bonds. The molecule has 8 aromatic carbocycles. The number of aromatic nitrogens is 4. The number of carbonyl (C=O) groups is 3. The summed E-state index contributed by atoms with van der Waals surface area (Å²) in [5.74, 6) is 3.48. The minimum Gasteiger partial charge on any atom is -0.497 e. The van der Waals surface area contributed by atoms with E-state index in [1.165, 1.54) is 11.6 Å². The number of H-pyrrole nitrogens is 2. The van der Waals surface area contributed by atoms with E-state index >= 15 is 0 Å².